The quantitative estimate of drug-likeness (QED) is 0.543. The van der Waals surface area contributed by atoms with E-state index in [4.69, 9.17) is 20.6 Å². The molecule has 3 aromatic rings. The Morgan fingerprint density at radius 2 is 1.76 bits per heavy atom. The van der Waals surface area contributed by atoms with Crippen molar-refractivity contribution in [2.24, 2.45) is 5.73 Å². The van der Waals surface area contributed by atoms with Crippen LogP contribution in [-0.4, -0.2) is 45.0 Å². The van der Waals surface area contributed by atoms with E-state index < -0.39 is 12.0 Å². The first-order valence-corrected chi connectivity index (χ1v) is 12.6. The van der Waals surface area contributed by atoms with E-state index in [2.05, 4.69) is 0 Å². The highest BCUT2D eigenvalue weighted by molar-refractivity contribution is 7.99. The summed E-state index contributed by atoms with van der Waals surface area (Å²) < 4.78 is 7.60. The van der Waals surface area contributed by atoms with Crippen molar-refractivity contribution in [2.75, 3.05) is 17.2 Å². The van der Waals surface area contributed by atoms with Crippen LogP contribution in [-0.2, 0) is 9.59 Å². The Balaban J connectivity index is 1.36. The summed E-state index contributed by atoms with van der Waals surface area (Å²) in [6, 6.07) is 17.2. The van der Waals surface area contributed by atoms with E-state index in [0.29, 0.717) is 22.5 Å². The van der Waals surface area contributed by atoms with Crippen molar-refractivity contribution in [1.82, 2.24) is 14.8 Å². The summed E-state index contributed by atoms with van der Waals surface area (Å²) in [5.74, 6) is 1.20. The number of hydrogen-bond acceptors (Lipinski definition) is 6. The van der Waals surface area contributed by atoms with Gasteiger partial charge in [-0.1, -0.05) is 61.4 Å². The number of nitrogens with two attached hydrogens (primary N) is 1. The van der Waals surface area contributed by atoms with Crippen LogP contribution < -0.4 is 15.4 Å². The smallest absolute Gasteiger partial charge is 0.260 e. The number of rotatable bonds is 6. The minimum absolute atomic E-state index is 0.0882. The predicted octanol–water partition coefficient (Wildman–Crippen LogP) is 3.69. The van der Waals surface area contributed by atoms with Crippen LogP contribution in [0.25, 0.3) is 5.69 Å². The molecule has 1 fully saturated rings. The Morgan fingerprint density at radius 1 is 1.03 bits per heavy atom. The molecule has 8 nitrogen and oxygen atoms in total. The van der Waals surface area contributed by atoms with E-state index in [0.717, 1.165) is 24.4 Å². The second-order valence-corrected chi connectivity index (χ2v) is 9.55. The number of thioether (sulfide) groups is 1. The van der Waals surface area contributed by atoms with Crippen LogP contribution in [0.15, 0.2) is 59.8 Å². The number of carbonyl (C=O) groups is 2. The second kappa shape index (κ2) is 9.89. The highest BCUT2D eigenvalue weighted by Gasteiger charge is 2.33. The van der Waals surface area contributed by atoms with Crippen LogP contribution >= 0.6 is 11.8 Å². The lowest BCUT2D eigenvalue weighted by molar-refractivity contribution is -0.125. The summed E-state index contributed by atoms with van der Waals surface area (Å²) in [6.07, 6.45) is 4.99. The lowest BCUT2D eigenvalue weighted by atomic mass is 9.88. The zero-order valence-electron chi connectivity index (χ0n) is 18.8. The zero-order chi connectivity index (χ0) is 23.5. The maximum atomic E-state index is 13.2. The molecule has 1 saturated carbocycles. The molecule has 1 aromatic heterocycles. The van der Waals surface area contributed by atoms with Gasteiger partial charge in [0.05, 0.1) is 23.7 Å². The summed E-state index contributed by atoms with van der Waals surface area (Å²) in [6.45, 7) is 0.0882. The van der Waals surface area contributed by atoms with Crippen molar-refractivity contribution >= 4 is 29.3 Å². The fourth-order valence-electron chi connectivity index (χ4n) is 4.57. The van der Waals surface area contributed by atoms with Gasteiger partial charge in [-0.15, -0.1) is 5.10 Å². The van der Waals surface area contributed by atoms with E-state index in [-0.39, 0.29) is 18.2 Å². The number of para-hydroxylation sites is 3. The number of nitrogens with zero attached hydrogens (tertiary/aromatic N) is 4. The Kier molecular flexibility index (Phi) is 6.53. The van der Waals surface area contributed by atoms with Gasteiger partial charge >= 0.3 is 0 Å². The molecule has 0 bridgehead atoms. The largest absolute Gasteiger partial charge is 0.477 e. The number of fused-ring (bicyclic) bond motifs is 1. The number of primary amides is 1. The molecular formula is C25H27N5O3S. The van der Waals surface area contributed by atoms with Crippen molar-refractivity contribution in [1.29, 1.82) is 0 Å². The number of aromatic nitrogens is 3. The Hall–Kier alpha value is -3.33. The number of carbonyl (C=O) groups excluding carboxylic acids is 2. The Morgan fingerprint density at radius 3 is 2.53 bits per heavy atom. The van der Waals surface area contributed by atoms with Gasteiger partial charge in [0, 0.05) is 5.92 Å². The van der Waals surface area contributed by atoms with Gasteiger partial charge < -0.3 is 15.4 Å². The van der Waals surface area contributed by atoms with Crippen LogP contribution in [0.1, 0.15) is 43.8 Å². The molecule has 1 aliphatic heterocycles. The highest BCUT2D eigenvalue weighted by Crippen LogP contribution is 2.35. The number of ether oxygens (including phenoxy) is 1. The first kappa shape index (κ1) is 22.5. The SMILES string of the molecule is NC(=O)[C@@H]1CN(C(=O)CSc2nc(C3CCCCC3)n(-c3ccccc3)n2)c2ccccc2O1. The third kappa shape index (κ3) is 4.65. The van der Waals surface area contributed by atoms with Crippen molar-refractivity contribution in [3.63, 3.8) is 0 Å². The molecule has 5 rings (SSSR count). The van der Waals surface area contributed by atoms with Crippen LogP contribution in [0.4, 0.5) is 5.69 Å². The third-order valence-electron chi connectivity index (χ3n) is 6.30. The monoisotopic (exact) mass is 477 g/mol. The zero-order valence-corrected chi connectivity index (χ0v) is 19.6. The molecule has 34 heavy (non-hydrogen) atoms. The molecule has 2 aromatic carbocycles. The van der Waals surface area contributed by atoms with Gasteiger partial charge in [0.1, 0.15) is 11.6 Å². The van der Waals surface area contributed by atoms with Gasteiger partial charge in [-0.05, 0) is 37.1 Å². The molecule has 0 saturated heterocycles. The summed E-state index contributed by atoms with van der Waals surface area (Å²) in [5, 5.41) is 5.33. The molecule has 2 aliphatic rings. The molecule has 2 N–H and O–H groups in total. The summed E-state index contributed by atoms with van der Waals surface area (Å²) >= 11 is 1.31. The van der Waals surface area contributed by atoms with E-state index in [1.165, 1.54) is 31.0 Å². The highest BCUT2D eigenvalue weighted by atomic mass is 32.2. The lowest BCUT2D eigenvalue weighted by Gasteiger charge is -2.33. The predicted molar refractivity (Wildman–Crippen MR) is 130 cm³/mol. The number of hydrogen-bond donors (Lipinski definition) is 1. The van der Waals surface area contributed by atoms with Crippen molar-refractivity contribution in [2.45, 2.75) is 49.3 Å². The first-order valence-electron chi connectivity index (χ1n) is 11.6. The molecule has 1 atom stereocenters. The molecule has 176 valence electrons. The van der Waals surface area contributed by atoms with Gasteiger partial charge in [-0.3, -0.25) is 9.59 Å². The minimum Gasteiger partial charge on any atom is -0.477 e. The average Bonchev–Trinajstić information content (AvgIpc) is 3.32. The molecule has 0 unspecified atom stereocenters. The summed E-state index contributed by atoms with van der Waals surface area (Å²) in [5.41, 5.74) is 7.08. The molecule has 9 heteroatoms. The van der Waals surface area contributed by atoms with E-state index in [1.54, 1.807) is 23.1 Å². The molecular weight excluding hydrogens is 450 g/mol. The third-order valence-corrected chi connectivity index (χ3v) is 7.12. The van der Waals surface area contributed by atoms with Crippen LogP contribution in [0, 0.1) is 0 Å². The Labute approximate surface area is 202 Å². The van der Waals surface area contributed by atoms with Crippen molar-refractivity contribution in [3.8, 4) is 11.4 Å². The standard InChI is InChI=1S/C25H27N5O3S/c26-23(32)21-15-29(19-13-7-8-14-20(19)33-21)22(31)16-34-25-27-24(17-9-3-1-4-10-17)30(28-25)18-11-5-2-6-12-18/h2,5-8,11-14,17,21H,1,3-4,9-10,15-16H2,(H2,26,32)/t21-/m0/s1. The summed E-state index contributed by atoms with van der Waals surface area (Å²) in [7, 11) is 0. The first-order chi connectivity index (χ1) is 16.6. The fraction of sp³-hybridized carbons (Fsp3) is 0.360. The minimum atomic E-state index is -0.878. The topological polar surface area (TPSA) is 103 Å². The van der Waals surface area contributed by atoms with Crippen LogP contribution in [0.5, 0.6) is 5.75 Å². The van der Waals surface area contributed by atoms with Crippen molar-refractivity contribution in [3.05, 3.63) is 60.4 Å². The van der Waals surface area contributed by atoms with Gasteiger partial charge in [0.15, 0.2) is 6.10 Å². The Bertz CT molecular complexity index is 1180. The lowest BCUT2D eigenvalue weighted by Crippen LogP contribution is -2.49. The second-order valence-electron chi connectivity index (χ2n) is 8.60. The molecule has 0 spiro atoms. The summed E-state index contributed by atoms with van der Waals surface area (Å²) in [4.78, 5) is 31.4. The van der Waals surface area contributed by atoms with E-state index in [1.807, 2.05) is 41.1 Å². The van der Waals surface area contributed by atoms with Gasteiger partial charge in [-0.2, -0.15) is 0 Å². The molecule has 2 amide bonds. The fourth-order valence-corrected chi connectivity index (χ4v) is 5.28. The molecule has 1 aliphatic carbocycles. The van der Waals surface area contributed by atoms with Gasteiger partial charge in [-0.25, -0.2) is 9.67 Å². The maximum Gasteiger partial charge on any atom is 0.260 e. The van der Waals surface area contributed by atoms with Gasteiger partial charge in [0.25, 0.3) is 5.91 Å². The number of benzene rings is 2. The molecule has 0 radical (unpaired) electrons. The number of anilines is 1. The van der Waals surface area contributed by atoms with Crippen LogP contribution in [0.3, 0.4) is 0 Å². The molecule has 2 heterocycles. The van der Waals surface area contributed by atoms with Gasteiger partial charge in [0.2, 0.25) is 11.1 Å². The van der Waals surface area contributed by atoms with E-state index >= 15 is 0 Å². The van der Waals surface area contributed by atoms with Crippen molar-refractivity contribution < 1.29 is 14.3 Å². The van der Waals surface area contributed by atoms with Crippen LogP contribution in [0.2, 0.25) is 0 Å². The average molecular weight is 478 g/mol. The maximum absolute atomic E-state index is 13.2. The number of amides is 2. The van der Waals surface area contributed by atoms with E-state index in [9.17, 15) is 9.59 Å². The normalized spacial score (nSPS) is 18.2.